The van der Waals surface area contributed by atoms with Crippen LogP contribution in [-0.4, -0.2) is 25.6 Å². The van der Waals surface area contributed by atoms with Crippen molar-refractivity contribution in [2.24, 2.45) is 4.99 Å². The second kappa shape index (κ2) is 9.23. The molecular formula is C16H27FIN3. The minimum atomic E-state index is -0.307. The highest BCUT2D eigenvalue weighted by molar-refractivity contribution is 14.0. The summed E-state index contributed by atoms with van der Waals surface area (Å²) in [5.41, 5.74) is 0.407. The number of hydrogen-bond acceptors (Lipinski definition) is 1. The topological polar surface area (TPSA) is 36.4 Å². The lowest BCUT2D eigenvalue weighted by Gasteiger charge is -2.27. The van der Waals surface area contributed by atoms with E-state index in [-0.39, 0.29) is 35.2 Å². The molecule has 0 saturated heterocycles. The van der Waals surface area contributed by atoms with Crippen molar-refractivity contribution in [2.45, 2.75) is 45.6 Å². The summed E-state index contributed by atoms with van der Waals surface area (Å²) in [6.07, 6.45) is 1.03. The molecule has 0 saturated carbocycles. The normalized spacial score (nSPS) is 13.3. The third-order valence-electron chi connectivity index (χ3n) is 3.52. The van der Waals surface area contributed by atoms with Crippen LogP contribution >= 0.6 is 24.0 Å². The van der Waals surface area contributed by atoms with Gasteiger partial charge in [0.2, 0.25) is 0 Å². The molecule has 2 N–H and O–H groups in total. The molecule has 5 heteroatoms. The lowest BCUT2D eigenvalue weighted by molar-refractivity contribution is 0.471. The van der Waals surface area contributed by atoms with Gasteiger partial charge in [0.15, 0.2) is 5.96 Å². The smallest absolute Gasteiger partial charge is 0.191 e. The van der Waals surface area contributed by atoms with Crippen LogP contribution in [-0.2, 0) is 5.41 Å². The van der Waals surface area contributed by atoms with Gasteiger partial charge in [-0.25, -0.2) is 4.39 Å². The molecule has 1 unspecified atom stereocenters. The van der Waals surface area contributed by atoms with Gasteiger partial charge < -0.3 is 10.6 Å². The maximum Gasteiger partial charge on any atom is 0.191 e. The third kappa shape index (κ3) is 6.20. The first-order chi connectivity index (χ1) is 9.40. The zero-order valence-corrected chi connectivity index (χ0v) is 15.9. The van der Waals surface area contributed by atoms with E-state index in [2.05, 4.69) is 29.5 Å². The average Bonchev–Trinajstić information content (AvgIpc) is 2.43. The average molecular weight is 407 g/mol. The van der Waals surface area contributed by atoms with Crippen LogP contribution in [0.15, 0.2) is 29.3 Å². The zero-order chi connectivity index (χ0) is 15.2. The van der Waals surface area contributed by atoms with Gasteiger partial charge in [-0.05, 0) is 25.0 Å². The van der Waals surface area contributed by atoms with Gasteiger partial charge in [0, 0.05) is 25.0 Å². The van der Waals surface area contributed by atoms with Crippen molar-refractivity contribution < 1.29 is 4.39 Å². The largest absolute Gasteiger partial charge is 0.356 e. The van der Waals surface area contributed by atoms with Crippen LogP contribution in [0.5, 0.6) is 0 Å². The fourth-order valence-electron chi connectivity index (χ4n) is 1.94. The minimum Gasteiger partial charge on any atom is -0.356 e. The van der Waals surface area contributed by atoms with E-state index < -0.39 is 0 Å². The van der Waals surface area contributed by atoms with Crippen molar-refractivity contribution in [3.05, 3.63) is 35.6 Å². The molecule has 1 aromatic rings. The number of rotatable bonds is 5. The summed E-state index contributed by atoms with van der Waals surface area (Å²) in [5.74, 6) is 0.591. The molecule has 0 aliphatic carbocycles. The van der Waals surface area contributed by atoms with Crippen LogP contribution in [0.3, 0.4) is 0 Å². The Morgan fingerprint density at radius 1 is 1.33 bits per heavy atom. The van der Waals surface area contributed by atoms with Crippen LogP contribution in [0.2, 0.25) is 0 Å². The minimum absolute atomic E-state index is 0. The van der Waals surface area contributed by atoms with Crippen molar-refractivity contribution in [3.63, 3.8) is 0 Å². The maximum atomic E-state index is 13.9. The molecule has 3 nitrogen and oxygen atoms in total. The molecule has 0 aliphatic rings. The lowest BCUT2D eigenvalue weighted by atomic mass is 9.84. The Morgan fingerprint density at radius 2 is 1.95 bits per heavy atom. The number of aliphatic imine (C=N–C) groups is 1. The van der Waals surface area contributed by atoms with Gasteiger partial charge in [-0.2, -0.15) is 0 Å². The molecule has 0 radical (unpaired) electrons. The molecule has 1 aromatic carbocycles. The molecule has 0 bridgehead atoms. The summed E-state index contributed by atoms with van der Waals surface area (Å²) in [4.78, 5) is 4.20. The van der Waals surface area contributed by atoms with Crippen LogP contribution in [0, 0.1) is 5.82 Å². The molecular weight excluding hydrogens is 380 g/mol. The molecule has 1 atom stereocenters. The van der Waals surface area contributed by atoms with Crippen molar-refractivity contribution in [1.29, 1.82) is 0 Å². The number of guanidine groups is 1. The van der Waals surface area contributed by atoms with Gasteiger partial charge in [-0.15, -0.1) is 24.0 Å². The van der Waals surface area contributed by atoms with Gasteiger partial charge in [0.25, 0.3) is 0 Å². The van der Waals surface area contributed by atoms with E-state index in [4.69, 9.17) is 0 Å². The number of nitrogens with zero attached hydrogens (tertiary/aromatic N) is 1. The molecule has 0 fully saturated rings. The van der Waals surface area contributed by atoms with E-state index in [1.54, 1.807) is 13.1 Å². The monoisotopic (exact) mass is 407 g/mol. The number of nitrogens with one attached hydrogen (secondary N) is 2. The van der Waals surface area contributed by atoms with Gasteiger partial charge >= 0.3 is 0 Å². The van der Waals surface area contributed by atoms with E-state index in [1.807, 2.05) is 26.0 Å². The predicted molar refractivity (Wildman–Crippen MR) is 99.1 cm³/mol. The summed E-state index contributed by atoms with van der Waals surface area (Å²) in [6.45, 7) is 8.89. The first kappa shape index (κ1) is 20.1. The fourth-order valence-corrected chi connectivity index (χ4v) is 1.94. The fraction of sp³-hybridized carbons (Fsp3) is 0.562. The van der Waals surface area contributed by atoms with Crippen molar-refractivity contribution in [3.8, 4) is 0 Å². The first-order valence-electron chi connectivity index (χ1n) is 7.13. The zero-order valence-electron chi connectivity index (χ0n) is 13.5. The van der Waals surface area contributed by atoms with Crippen LogP contribution in [0.25, 0.3) is 0 Å². The van der Waals surface area contributed by atoms with Crippen LogP contribution < -0.4 is 10.6 Å². The Morgan fingerprint density at radius 3 is 2.48 bits per heavy atom. The predicted octanol–water partition coefficient (Wildman–Crippen LogP) is 3.68. The van der Waals surface area contributed by atoms with Gasteiger partial charge in [0.1, 0.15) is 5.82 Å². The van der Waals surface area contributed by atoms with Crippen LogP contribution in [0.1, 0.15) is 39.7 Å². The van der Waals surface area contributed by atoms with Crippen molar-refractivity contribution in [2.75, 3.05) is 13.6 Å². The number of halogens is 2. The standard InChI is InChI=1S/C16H26FN3.HI/c1-6-12(2)20-15(18-5)19-11-16(3,4)13-9-7-8-10-14(13)17;/h7-10,12H,6,11H2,1-5H3,(H2,18,19,20);1H. The van der Waals surface area contributed by atoms with Gasteiger partial charge in [-0.3, -0.25) is 4.99 Å². The quantitative estimate of drug-likeness (QED) is 0.444. The van der Waals surface area contributed by atoms with E-state index in [0.717, 1.165) is 12.4 Å². The summed E-state index contributed by atoms with van der Waals surface area (Å²) < 4.78 is 13.9. The molecule has 0 amide bonds. The summed E-state index contributed by atoms with van der Waals surface area (Å²) in [5, 5.41) is 6.57. The molecule has 1 rings (SSSR count). The van der Waals surface area contributed by atoms with Crippen LogP contribution in [0.4, 0.5) is 4.39 Å². The first-order valence-corrected chi connectivity index (χ1v) is 7.13. The van der Waals surface area contributed by atoms with E-state index in [0.29, 0.717) is 18.2 Å². The third-order valence-corrected chi connectivity index (χ3v) is 3.52. The molecule has 0 aliphatic heterocycles. The SMILES string of the molecule is CCC(C)NC(=NC)NCC(C)(C)c1ccccc1F.I. The summed E-state index contributed by atoms with van der Waals surface area (Å²) in [7, 11) is 1.74. The Bertz CT molecular complexity index is 461. The second-order valence-electron chi connectivity index (χ2n) is 5.74. The molecule has 120 valence electrons. The maximum absolute atomic E-state index is 13.9. The highest BCUT2D eigenvalue weighted by atomic mass is 127. The number of benzene rings is 1. The Hall–Kier alpha value is -0.850. The van der Waals surface area contributed by atoms with Crippen molar-refractivity contribution >= 4 is 29.9 Å². The molecule has 0 heterocycles. The Balaban J connectivity index is 0.00000400. The van der Waals surface area contributed by atoms with E-state index >= 15 is 0 Å². The second-order valence-corrected chi connectivity index (χ2v) is 5.74. The van der Waals surface area contributed by atoms with Gasteiger partial charge in [-0.1, -0.05) is 39.0 Å². The lowest BCUT2D eigenvalue weighted by Crippen LogP contribution is -2.46. The highest BCUT2D eigenvalue weighted by Gasteiger charge is 2.24. The van der Waals surface area contributed by atoms with E-state index in [1.165, 1.54) is 6.07 Å². The van der Waals surface area contributed by atoms with Crippen molar-refractivity contribution in [1.82, 2.24) is 10.6 Å². The summed E-state index contributed by atoms with van der Waals surface area (Å²) >= 11 is 0. The molecule has 0 spiro atoms. The Labute approximate surface area is 144 Å². The number of hydrogen-bond donors (Lipinski definition) is 2. The summed E-state index contributed by atoms with van der Waals surface area (Å²) in [6, 6.07) is 7.28. The van der Waals surface area contributed by atoms with Gasteiger partial charge in [0.05, 0.1) is 0 Å². The van der Waals surface area contributed by atoms with E-state index in [9.17, 15) is 4.39 Å². The molecule has 21 heavy (non-hydrogen) atoms. The highest BCUT2D eigenvalue weighted by Crippen LogP contribution is 2.24. The molecule has 0 aromatic heterocycles. The Kier molecular flexibility index (Phi) is 8.85.